The van der Waals surface area contributed by atoms with Crippen LogP contribution in [0.1, 0.15) is 35.3 Å². The molecule has 0 unspecified atom stereocenters. The first-order chi connectivity index (χ1) is 17.8. The number of amidine groups is 1. The van der Waals surface area contributed by atoms with E-state index >= 15 is 0 Å². The van der Waals surface area contributed by atoms with Gasteiger partial charge in [-0.3, -0.25) is 19.8 Å². The van der Waals surface area contributed by atoms with Crippen molar-refractivity contribution in [3.05, 3.63) is 99.2 Å². The smallest absolute Gasteiger partial charge is 0.297 e. The molecule has 0 spiro atoms. The summed E-state index contributed by atoms with van der Waals surface area (Å²) in [6.07, 6.45) is 1.53. The minimum Gasteiger partial charge on any atom is -0.493 e. The third-order valence-electron chi connectivity index (χ3n) is 5.21. The van der Waals surface area contributed by atoms with Gasteiger partial charge in [0.1, 0.15) is 11.4 Å². The van der Waals surface area contributed by atoms with Gasteiger partial charge in [0.15, 0.2) is 5.84 Å². The molecule has 0 atom stereocenters. The van der Waals surface area contributed by atoms with Gasteiger partial charge in [-0.25, -0.2) is 4.99 Å². The van der Waals surface area contributed by atoms with E-state index in [9.17, 15) is 14.4 Å². The summed E-state index contributed by atoms with van der Waals surface area (Å²) in [6.45, 7) is 3.44. The molecule has 1 aliphatic heterocycles. The van der Waals surface area contributed by atoms with E-state index in [-0.39, 0.29) is 35.4 Å². The zero-order chi connectivity index (χ0) is 26.5. The number of halogens is 2. The van der Waals surface area contributed by atoms with Gasteiger partial charge in [0, 0.05) is 34.3 Å². The zero-order valence-electron chi connectivity index (χ0n) is 19.9. The van der Waals surface area contributed by atoms with E-state index in [1.54, 1.807) is 61.5 Å². The molecule has 0 aliphatic carbocycles. The number of hydrogen-bond donors (Lipinski definition) is 2. The van der Waals surface area contributed by atoms with Gasteiger partial charge in [-0.1, -0.05) is 59.6 Å². The van der Waals surface area contributed by atoms with Gasteiger partial charge in [-0.15, -0.1) is 0 Å². The number of aliphatic imine (C=N–C) groups is 1. The van der Waals surface area contributed by atoms with E-state index in [1.165, 1.54) is 19.1 Å². The molecule has 0 radical (unpaired) electrons. The van der Waals surface area contributed by atoms with Crippen LogP contribution < -0.4 is 15.5 Å². The Bertz CT molecular complexity index is 1440. The standard InChI is InChI=1S/C27H22Cl2N4O4/c1-3-37-24-15-20(30-16(2)34)11-12-21(24)26(35)32-33-25(17-7-5-4-6-8-17)31-23(27(33)36)13-18-9-10-19(28)14-22(18)29/h4-15H,3H2,1-2H3,(H,30,34)(H,32,35). The number of anilines is 1. The number of ether oxygens (including phenoxy) is 1. The van der Waals surface area contributed by atoms with Crippen LogP contribution in [0.3, 0.4) is 0 Å². The molecule has 0 saturated carbocycles. The van der Waals surface area contributed by atoms with Gasteiger partial charge in [0.05, 0.1) is 12.2 Å². The fraction of sp³-hybridized carbons (Fsp3) is 0.111. The number of carbonyl (C=O) groups is 3. The van der Waals surface area contributed by atoms with Crippen molar-refractivity contribution in [2.75, 3.05) is 11.9 Å². The molecule has 37 heavy (non-hydrogen) atoms. The lowest BCUT2D eigenvalue weighted by Crippen LogP contribution is -2.47. The highest BCUT2D eigenvalue weighted by Crippen LogP contribution is 2.28. The van der Waals surface area contributed by atoms with Crippen LogP contribution in [-0.2, 0) is 9.59 Å². The quantitative estimate of drug-likeness (QED) is 0.398. The van der Waals surface area contributed by atoms with Crippen molar-refractivity contribution < 1.29 is 19.1 Å². The summed E-state index contributed by atoms with van der Waals surface area (Å²) in [7, 11) is 0. The predicted molar refractivity (Wildman–Crippen MR) is 144 cm³/mol. The van der Waals surface area contributed by atoms with Gasteiger partial charge in [0.25, 0.3) is 11.8 Å². The molecule has 3 aromatic rings. The Morgan fingerprint density at radius 1 is 1.05 bits per heavy atom. The summed E-state index contributed by atoms with van der Waals surface area (Å²) in [5.74, 6) is -0.916. The van der Waals surface area contributed by atoms with Crippen LogP contribution in [0.5, 0.6) is 5.75 Å². The number of hydrazine groups is 1. The molecular weight excluding hydrogens is 515 g/mol. The predicted octanol–water partition coefficient (Wildman–Crippen LogP) is 5.33. The Morgan fingerprint density at radius 3 is 2.49 bits per heavy atom. The average Bonchev–Trinajstić information content (AvgIpc) is 3.16. The molecule has 0 fully saturated rings. The van der Waals surface area contributed by atoms with Crippen LogP contribution in [0.4, 0.5) is 5.69 Å². The van der Waals surface area contributed by atoms with E-state index in [1.807, 2.05) is 6.07 Å². The van der Waals surface area contributed by atoms with E-state index in [4.69, 9.17) is 27.9 Å². The number of hydrogen-bond acceptors (Lipinski definition) is 5. The van der Waals surface area contributed by atoms with E-state index in [2.05, 4.69) is 15.7 Å². The highest BCUT2D eigenvalue weighted by Gasteiger charge is 2.33. The molecule has 0 bridgehead atoms. The Kier molecular flexibility index (Phi) is 7.91. The molecule has 3 aromatic carbocycles. The van der Waals surface area contributed by atoms with Crippen molar-refractivity contribution in [2.24, 2.45) is 4.99 Å². The SMILES string of the molecule is CCOc1cc(NC(C)=O)ccc1C(=O)NN1C(=O)C(=Cc2ccc(Cl)cc2Cl)N=C1c1ccccc1. The number of carbonyl (C=O) groups excluding carboxylic acids is 3. The van der Waals surface area contributed by atoms with Crippen LogP contribution in [0.15, 0.2) is 77.4 Å². The maximum atomic E-state index is 13.4. The first-order valence-electron chi connectivity index (χ1n) is 11.3. The molecule has 1 heterocycles. The topological polar surface area (TPSA) is 100 Å². The van der Waals surface area contributed by atoms with Crippen LogP contribution in [-0.4, -0.2) is 35.2 Å². The monoisotopic (exact) mass is 536 g/mol. The van der Waals surface area contributed by atoms with Crippen molar-refractivity contribution in [3.63, 3.8) is 0 Å². The minimum absolute atomic E-state index is 0.0782. The first-order valence-corrected chi connectivity index (χ1v) is 12.0. The molecule has 0 aromatic heterocycles. The molecule has 3 amide bonds. The van der Waals surface area contributed by atoms with E-state index in [0.717, 1.165) is 5.01 Å². The van der Waals surface area contributed by atoms with Crippen molar-refractivity contribution in [3.8, 4) is 5.75 Å². The fourth-order valence-electron chi connectivity index (χ4n) is 3.59. The van der Waals surface area contributed by atoms with Crippen LogP contribution >= 0.6 is 23.2 Å². The van der Waals surface area contributed by atoms with Gasteiger partial charge in [-0.05, 0) is 42.8 Å². The second-order valence-electron chi connectivity index (χ2n) is 7.90. The highest BCUT2D eigenvalue weighted by atomic mass is 35.5. The number of rotatable bonds is 7. The summed E-state index contributed by atoms with van der Waals surface area (Å²) >= 11 is 12.3. The zero-order valence-corrected chi connectivity index (χ0v) is 21.4. The van der Waals surface area contributed by atoms with Crippen molar-refractivity contribution in [1.82, 2.24) is 10.4 Å². The number of nitrogens with one attached hydrogen (secondary N) is 2. The Hall–Kier alpha value is -4.14. The minimum atomic E-state index is -0.597. The molecular formula is C27H22Cl2N4O4. The van der Waals surface area contributed by atoms with Crippen molar-refractivity contribution >= 4 is 58.5 Å². The largest absolute Gasteiger partial charge is 0.493 e. The second kappa shape index (κ2) is 11.3. The lowest BCUT2D eigenvalue weighted by Gasteiger charge is -2.20. The molecule has 188 valence electrons. The summed E-state index contributed by atoms with van der Waals surface area (Å²) in [5.41, 5.74) is 4.54. The van der Waals surface area contributed by atoms with Crippen LogP contribution in [0, 0.1) is 0 Å². The van der Waals surface area contributed by atoms with Crippen molar-refractivity contribution in [1.29, 1.82) is 0 Å². The van der Waals surface area contributed by atoms with Gasteiger partial charge < -0.3 is 10.1 Å². The van der Waals surface area contributed by atoms with Gasteiger partial charge >= 0.3 is 0 Å². The summed E-state index contributed by atoms with van der Waals surface area (Å²) in [4.78, 5) is 42.7. The molecule has 0 saturated heterocycles. The van der Waals surface area contributed by atoms with Crippen molar-refractivity contribution in [2.45, 2.75) is 13.8 Å². The Morgan fingerprint density at radius 2 is 1.81 bits per heavy atom. The summed E-state index contributed by atoms with van der Waals surface area (Å²) < 4.78 is 5.62. The normalized spacial score (nSPS) is 13.9. The van der Waals surface area contributed by atoms with Crippen LogP contribution in [0.25, 0.3) is 6.08 Å². The summed E-state index contributed by atoms with van der Waals surface area (Å²) in [6, 6.07) is 18.5. The lowest BCUT2D eigenvalue weighted by molar-refractivity contribution is -0.124. The molecule has 2 N–H and O–H groups in total. The molecule has 8 nitrogen and oxygen atoms in total. The maximum Gasteiger partial charge on any atom is 0.297 e. The molecule has 1 aliphatic rings. The summed E-state index contributed by atoms with van der Waals surface area (Å²) in [5, 5.41) is 4.56. The Labute approximate surface area is 223 Å². The molecule has 10 heteroatoms. The number of benzene rings is 3. The third-order valence-corrected chi connectivity index (χ3v) is 5.77. The van der Waals surface area contributed by atoms with E-state index < -0.39 is 11.8 Å². The lowest BCUT2D eigenvalue weighted by atomic mass is 10.1. The maximum absolute atomic E-state index is 13.4. The third kappa shape index (κ3) is 5.99. The fourth-order valence-corrected chi connectivity index (χ4v) is 4.06. The van der Waals surface area contributed by atoms with Crippen LogP contribution in [0.2, 0.25) is 10.0 Å². The number of nitrogens with zero attached hydrogens (tertiary/aromatic N) is 2. The average molecular weight is 537 g/mol. The highest BCUT2D eigenvalue weighted by molar-refractivity contribution is 6.35. The van der Waals surface area contributed by atoms with Gasteiger partial charge in [0.2, 0.25) is 5.91 Å². The molecule has 4 rings (SSSR count). The van der Waals surface area contributed by atoms with E-state index in [0.29, 0.717) is 26.9 Å². The number of amides is 3. The first kappa shape index (κ1) is 25.9. The Balaban J connectivity index is 1.69. The van der Waals surface area contributed by atoms with Gasteiger partial charge in [-0.2, -0.15) is 5.01 Å². The second-order valence-corrected chi connectivity index (χ2v) is 8.75.